The Morgan fingerprint density at radius 2 is 1.81 bits per heavy atom. The average molecular weight is 429 g/mol. The Balaban J connectivity index is 1.53. The summed E-state index contributed by atoms with van der Waals surface area (Å²) in [4.78, 5) is 0. The maximum Gasteiger partial charge on any atom is 0.0757 e. The zero-order valence-electron chi connectivity index (χ0n) is 21.0. The maximum atomic E-state index is 11.3. The first kappa shape index (κ1) is 23.6. The van der Waals surface area contributed by atoms with Crippen molar-refractivity contribution in [2.24, 2.45) is 46.3 Å². The van der Waals surface area contributed by atoms with E-state index in [9.17, 15) is 10.2 Å². The van der Waals surface area contributed by atoms with Gasteiger partial charge in [-0.15, -0.1) is 0 Å². The van der Waals surface area contributed by atoms with E-state index in [0.29, 0.717) is 29.1 Å². The summed E-state index contributed by atoms with van der Waals surface area (Å²) in [6.07, 6.45) is 14.6. The third kappa shape index (κ3) is 3.88. The lowest BCUT2D eigenvalue weighted by Gasteiger charge is -2.59. The highest BCUT2D eigenvalue weighted by Gasteiger charge is 2.61. The Bertz CT molecular complexity index is 720. The van der Waals surface area contributed by atoms with Gasteiger partial charge in [0.05, 0.1) is 12.2 Å². The molecule has 2 N–H and O–H groups in total. The second-order valence-electron chi connectivity index (χ2n) is 12.5. The molecule has 0 spiro atoms. The van der Waals surface area contributed by atoms with Crippen LogP contribution in [0, 0.1) is 46.3 Å². The number of hydrogen-bond acceptors (Lipinski definition) is 2. The number of allylic oxidation sites excluding steroid dienone is 2. The molecule has 0 aliphatic heterocycles. The van der Waals surface area contributed by atoms with E-state index in [0.717, 1.165) is 31.1 Å². The second-order valence-corrected chi connectivity index (χ2v) is 12.5. The van der Waals surface area contributed by atoms with Gasteiger partial charge in [-0.2, -0.15) is 0 Å². The van der Waals surface area contributed by atoms with Gasteiger partial charge in [0.1, 0.15) is 0 Å². The molecule has 4 aliphatic carbocycles. The van der Waals surface area contributed by atoms with E-state index in [1.807, 2.05) is 0 Å². The Hall–Kier alpha value is -0.600. The smallest absolute Gasteiger partial charge is 0.0757 e. The van der Waals surface area contributed by atoms with Crippen molar-refractivity contribution in [1.82, 2.24) is 0 Å². The lowest BCUT2D eigenvalue weighted by Crippen LogP contribution is -2.54. The van der Waals surface area contributed by atoms with Gasteiger partial charge in [-0.1, -0.05) is 57.9 Å². The molecule has 3 fully saturated rings. The summed E-state index contributed by atoms with van der Waals surface area (Å²) in [6, 6.07) is 0. The van der Waals surface area contributed by atoms with Gasteiger partial charge in [0, 0.05) is 0 Å². The van der Waals surface area contributed by atoms with Crippen molar-refractivity contribution in [3.63, 3.8) is 0 Å². The normalized spacial score (nSPS) is 46.2. The number of aliphatic hydroxyl groups is 2. The molecule has 176 valence electrons. The van der Waals surface area contributed by atoms with Gasteiger partial charge in [0.2, 0.25) is 0 Å². The van der Waals surface area contributed by atoms with Gasteiger partial charge in [0.15, 0.2) is 0 Å². The quantitative estimate of drug-likeness (QED) is 0.467. The van der Waals surface area contributed by atoms with Gasteiger partial charge < -0.3 is 10.2 Å². The second kappa shape index (κ2) is 8.64. The van der Waals surface area contributed by atoms with Crippen LogP contribution in [0.5, 0.6) is 0 Å². The highest BCUT2D eigenvalue weighted by atomic mass is 16.3. The summed E-state index contributed by atoms with van der Waals surface area (Å²) < 4.78 is 0. The Labute approximate surface area is 191 Å². The molecule has 0 heterocycles. The van der Waals surface area contributed by atoms with E-state index in [2.05, 4.69) is 53.7 Å². The van der Waals surface area contributed by atoms with E-state index in [-0.39, 0.29) is 17.6 Å². The number of fused-ring (bicyclic) bond motifs is 5. The van der Waals surface area contributed by atoms with Crippen LogP contribution in [0.4, 0.5) is 0 Å². The van der Waals surface area contributed by atoms with Crippen molar-refractivity contribution in [2.45, 2.75) is 112 Å². The predicted octanol–water partition coefficient (Wildman–Crippen LogP) is 6.92. The van der Waals surface area contributed by atoms with Crippen LogP contribution in [-0.2, 0) is 0 Å². The van der Waals surface area contributed by atoms with E-state index < -0.39 is 0 Å². The van der Waals surface area contributed by atoms with Crippen LogP contribution in [0.25, 0.3) is 0 Å². The first-order chi connectivity index (χ1) is 14.6. The van der Waals surface area contributed by atoms with Gasteiger partial charge in [-0.05, 0) is 111 Å². The minimum atomic E-state index is -0.312. The van der Waals surface area contributed by atoms with Gasteiger partial charge in [-0.25, -0.2) is 0 Å². The lowest BCUT2D eigenvalue weighted by atomic mass is 9.46. The average Bonchev–Trinajstić information content (AvgIpc) is 3.06. The van der Waals surface area contributed by atoms with Crippen LogP contribution in [0.15, 0.2) is 23.3 Å². The van der Waals surface area contributed by atoms with Crippen molar-refractivity contribution in [2.75, 3.05) is 0 Å². The van der Waals surface area contributed by atoms with Crippen LogP contribution in [0.1, 0.15) is 99.3 Å². The molecule has 3 saturated carbocycles. The Morgan fingerprint density at radius 1 is 1.06 bits per heavy atom. The van der Waals surface area contributed by atoms with E-state index in [4.69, 9.17) is 0 Å². The lowest BCUT2D eigenvalue weighted by molar-refractivity contribution is -0.0970. The van der Waals surface area contributed by atoms with Crippen LogP contribution < -0.4 is 0 Å². The molecule has 0 radical (unpaired) electrons. The highest BCUT2D eigenvalue weighted by Crippen LogP contribution is 2.67. The van der Waals surface area contributed by atoms with Gasteiger partial charge in [0.25, 0.3) is 0 Å². The van der Waals surface area contributed by atoms with Crippen molar-refractivity contribution in [3.8, 4) is 0 Å². The summed E-state index contributed by atoms with van der Waals surface area (Å²) in [6.45, 7) is 14.4. The molecule has 31 heavy (non-hydrogen) atoms. The molecule has 0 aromatic rings. The number of rotatable bonds is 5. The van der Waals surface area contributed by atoms with E-state index in [1.165, 1.54) is 44.1 Å². The zero-order valence-corrected chi connectivity index (χ0v) is 21.0. The third-order valence-corrected chi connectivity index (χ3v) is 10.9. The molecule has 2 heteroatoms. The number of hydrogen-bond donors (Lipinski definition) is 2. The number of aliphatic hydroxyl groups excluding tert-OH is 2. The van der Waals surface area contributed by atoms with Crippen LogP contribution in [-0.4, -0.2) is 22.4 Å². The first-order valence-corrected chi connectivity index (χ1v) is 13.3. The molecule has 0 aromatic carbocycles. The molecule has 0 bridgehead atoms. The summed E-state index contributed by atoms with van der Waals surface area (Å²) >= 11 is 0. The SMILES string of the molecule is CC=C(CCC(C)C1CCC2C3C(O)C=C4CC(O)CCC4(C)C3CCC12C)C(C)C. The minimum Gasteiger partial charge on any atom is -0.393 e. The highest BCUT2D eigenvalue weighted by molar-refractivity contribution is 5.28. The first-order valence-electron chi connectivity index (χ1n) is 13.3. The monoisotopic (exact) mass is 428 g/mol. The van der Waals surface area contributed by atoms with Crippen molar-refractivity contribution in [1.29, 1.82) is 0 Å². The van der Waals surface area contributed by atoms with Crippen LogP contribution in [0.3, 0.4) is 0 Å². The summed E-state index contributed by atoms with van der Waals surface area (Å²) in [5.74, 6) is 3.88. The molecule has 0 saturated heterocycles. The van der Waals surface area contributed by atoms with E-state index in [1.54, 1.807) is 5.57 Å². The molecule has 4 rings (SSSR count). The Morgan fingerprint density at radius 3 is 2.48 bits per heavy atom. The topological polar surface area (TPSA) is 40.5 Å². The fourth-order valence-electron chi connectivity index (χ4n) is 8.97. The van der Waals surface area contributed by atoms with Crippen molar-refractivity contribution < 1.29 is 10.2 Å². The summed E-state index contributed by atoms with van der Waals surface area (Å²) in [5.41, 5.74) is 3.56. The van der Waals surface area contributed by atoms with Crippen LogP contribution in [0.2, 0.25) is 0 Å². The molecule has 0 aromatic heterocycles. The fraction of sp³-hybridized carbons (Fsp3) is 0.862. The van der Waals surface area contributed by atoms with Crippen molar-refractivity contribution in [3.05, 3.63) is 23.3 Å². The summed E-state index contributed by atoms with van der Waals surface area (Å²) in [5, 5.41) is 21.6. The molecule has 4 aliphatic rings. The molecule has 0 amide bonds. The van der Waals surface area contributed by atoms with Crippen molar-refractivity contribution >= 4 is 0 Å². The third-order valence-electron chi connectivity index (χ3n) is 10.9. The van der Waals surface area contributed by atoms with Gasteiger partial charge in [-0.3, -0.25) is 0 Å². The fourth-order valence-corrected chi connectivity index (χ4v) is 8.97. The molecular formula is C29H48O2. The van der Waals surface area contributed by atoms with Crippen LogP contribution >= 0.6 is 0 Å². The maximum absolute atomic E-state index is 11.3. The van der Waals surface area contributed by atoms with E-state index >= 15 is 0 Å². The Kier molecular flexibility index (Phi) is 6.56. The van der Waals surface area contributed by atoms with Gasteiger partial charge >= 0.3 is 0 Å². The minimum absolute atomic E-state index is 0.201. The standard InChI is InChI=1S/C29H48O2/c1-7-20(18(2)3)9-8-19(4)23-10-11-24-27-25(13-15-29(23,24)6)28(5)14-12-22(30)16-21(28)17-26(27)31/h7,17-19,22-27,30-31H,8-16H2,1-6H3. The molecule has 9 atom stereocenters. The summed E-state index contributed by atoms with van der Waals surface area (Å²) in [7, 11) is 0. The largest absolute Gasteiger partial charge is 0.393 e. The molecular weight excluding hydrogens is 380 g/mol. The predicted molar refractivity (Wildman–Crippen MR) is 130 cm³/mol. The zero-order chi connectivity index (χ0) is 22.6. The molecule has 2 nitrogen and oxygen atoms in total. The molecule has 9 unspecified atom stereocenters.